The van der Waals surface area contributed by atoms with Gasteiger partial charge in [-0.25, -0.2) is 0 Å². The first-order valence-corrected chi connectivity index (χ1v) is 7.21. The van der Waals surface area contributed by atoms with Crippen LogP contribution < -0.4 is 15.2 Å². The molecule has 0 heterocycles. The van der Waals surface area contributed by atoms with Crippen molar-refractivity contribution in [2.24, 2.45) is 5.73 Å². The van der Waals surface area contributed by atoms with Gasteiger partial charge in [0.1, 0.15) is 17.6 Å². The van der Waals surface area contributed by atoms with E-state index in [0.29, 0.717) is 5.02 Å². The summed E-state index contributed by atoms with van der Waals surface area (Å²) in [6, 6.07) is 13.1. The van der Waals surface area contributed by atoms with Gasteiger partial charge in [-0.3, -0.25) is 0 Å². The zero-order chi connectivity index (χ0) is 15.4. The zero-order valence-corrected chi connectivity index (χ0v) is 13.2. The Labute approximate surface area is 130 Å². The van der Waals surface area contributed by atoms with Gasteiger partial charge in [0.15, 0.2) is 0 Å². The van der Waals surface area contributed by atoms with Gasteiger partial charge in [0.25, 0.3) is 0 Å². The summed E-state index contributed by atoms with van der Waals surface area (Å²) in [5.41, 5.74) is 8.31. The maximum absolute atomic E-state index is 6.27. The number of halogens is 1. The lowest BCUT2D eigenvalue weighted by atomic mass is 10.0. The van der Waals surface area contributed by atoms with Crippen molar-refractivity contribution in [2.75, 3.05) is 7.11 Å². The molecular formula is C17H20ClNO2. The van der Waals surface area contributed by atoms with E-state index in [9.17, 15) is 0 Å². The highest BCUT2D eigenvalue weighted by atomic mass is 35.5. The van der Waals surface area contributed by atoms with Crippen molar-refractivity contribution in [1.29, 1.82) is 0 Å². The monoisotopic (exact) mass is 305 g/mol. The average molecular weight is 306 g/mol. The van der Waals surface area contributed by atoms with Gasteiger partial charge in [-0.05, 0) is 49.2 Å². The van der Waals surface area contributed by atoms with Gasteiger partial charge in [0.05, 0.1) is 13.2 Å². The highest BCUT2D eigenvalue weighted by Gasteiger charge is 2.17. The second-order valence-electron chi connectivity index (χ2n) is 5.03. The van der Waals surface area contributed by atoms with Crippen LogP contribution in [-0.2, 0) is 0 Å². The van der Waals surface area contributed by atoms with Crippen LogP contribution in [0.15, 0.2) is 42.5 Å². The maximum Gasteiger partial charge on any atom is 0.124 e. The van der Waals surface area contributed by atoms with Crippen LogP contribution in [0.2, 0.25) is 5.02 Å². The molecule has 0 radical (unpaired) electrons. The fourth-order valence-electron chi connectivity index (χ4n) is 2.07. The van der Waals surface area contributed by atoms with Crippen molar-refractivity contribution >= 4 is 11.6 Å². The quantitative estimate of drug-likeness (QED) is 0.903. The predicted octanol–water partition coefficient (Wildman–Crippen LogP) is 4.12. The molecule has 2 atom stereocenters. The molecule has 2 unspecified atom stereocenters. The van der Waals surface area contributed by atoms with E-state index >= 15 is 0 Å². The van der Waals surface area contributed by atoms with E-state index in [0.717, 1.165) is 22.6 Å². The Bertz CT molecular complexity index is 598. The summed E-state index contributed by atoms with van der Waals surface area (Å²) < 4.78 is 11.1. The van der Waals surface area contributed by atoms with Gasteiger partial charge in [-0.2, -0.15) is 0 Å². The van der Waals surface area contributed by atoms with E-state index in [2.05, 4.69) is 0 Å². The molecule has 3 nitrogen and oxygen atoms in total. The molecule has 0 aliphatic carbocycles. The van der Waals surface area contributed by atoms with Crippen LogP contribution >= 0.6 is 11.6 Å². The maximum atomic E-state index is 6.27. The molecule has 2 aromatic rings. The zero-order valence-electron chi connectivity index (χ0n) is 12.5. The van der Waals surface area contributed by atoms with Gasteiger partial charge in [-0.1, -0.05) is 29.8 Å². The van der Waals surface area contributed by atoms with E-state index in [-0.39, 0.29) is 12.1 Å². The Balaban J connectivity index is 2.11. The molecule has 0 aliphatic rings. The standard InChI is InChI=1S/C17H20ClNO2/c1-11-4-7-14(18)10-16(11)21-12(2)17(19)13-5-8-15(20-3)9-6-13/h4-10,12,17H,19H2,1-3H3. The van der Waals surface area contributed by atoms with Crippen molar-refractivity contribution in [1.82, 2.24) is 0 Å². The summed E-state index contributed by atoms with van der Waals surface area (Å²) in [6.07, 6.45) is -0.171. The van der Waals surface area contributed by atoms with Crippen molar-refractivity contribution in [3.05, 3.63) is 58.6 Å². The topological polar surface area (TPSA) is 44.5 Å². The van der Waals surface area contributed by atoms with E-state index in [4.69, 9.17) is 26.8 Å². The number of aryl methyl sites for hydroxylation is 1. The molecule has 0 bridgehead atoms. The first kappa shape index (κ1) is 15.7. The van der Waals surface area contributed by atoms with E-state index in [1.807, 2.05) is 56.3 Å². The first-order chi connectivity index (χ1) is 10.0. The first-order valence-electron chi connectivity index (χ1n) is 6.83. The normalized spacial score (nSPS) is 13.6. The molecule has 0 aromatic heterocycles. The summed E-state index contributed by atoms with van der Waals surface area (Å²) >= 11 is 6.01. The van der Waals surface area contributed by atoms with Crippen LogP contribution in [0.5, 0.6) is 11.5 Å². The Morgan fingerprint density at radius 2 is 1.76 bits per heavy atom. The van der Waals surface area contributed by atoms with Crippen molar-refractivity contribution in [3.63, 3.8) is 0 Å². The van der Waals surface area contributed by atoms with Crippen LogP contribution in [-0.4, -0.2) is 13.2 Å². The molecular weight excluding hydrogens is 286 g/mol. The van der Waals surface area contributed by atoms with Crippen LogP contribution in [0, 0.1) is 6.92 Å². The molecule has 0 fully saturated rings. The van der Waals surface area contributed by atoms with Crippen LogP contribution in [0.3, 0.4) is 0 Å². The predicted molar refractivity (Wildman–Crippen MR) is 86.2 cm³/mol. The van der Waals surface area contributed by atoms with Gasteiger partial charge < -0.3 is 15.2 Å². The number of hydrogen-bond acceptors (Lipinski definition) is 3. The van der Waals surface area contributed by atoms with Crippen LogP contribution in [0.4, 0.5) is 0 Å². The smallest absolute Gasteiger partial charge is 0.124 e. The van der Waals surface area contributed by atoms with Crippen LogP contribution in [0.1, 0.15) is 24.1 Å². The molecule has 0 saturated heterocycles. The number of ether oxygens (including phenoxy) is 2. The number of hydrogen-bond donors (Lipinski definition) is 1. The molecule has 2 N–H and O–H groups in total. The molecule has 2 aromatic carbocycles. The molecule has 112 valence electrons. The Morgan fingerprint density at radius 3 is 2.38 bits per heavy atom. The lowest BCUT2D eigenvalue weighted by molar-refractivity contribution is 0.189. The fourth-order valence-corrected chi connectivity index (χ4v) is 2.23. The third-order valence-electron chi connectivity index (χ3n) is 3.47. The van der Waals surface area contributed by atoms with Gasteiger partial charge in [0.2, 0.25) is 0 Å². The molecule has 0 amide bonds. The van der Waals surface area contributed by atoms with Gasteiger partial charge in [-0.15, -0.1) is 0 Å². The minimum absolute atomic E-state index is 0.171. The van der Waals surface area contributed by atoms with Gasteiger partial charge >= 0.3 is 0 Å². The Kier molecular flexibility index (Phi) is 5.10. The van der Waals surface area contributed by atoms with E-state index in [1.54, 1.807) is 7.11 Å². The highest BCUT2D eigenvalue weighted by molar-refractivity contribution is 6.30. The third kappa shape index (κ3) is 3.90. The molecule has 0 spiro atoms. The largest absolute Gasteiger partial charge is 0.497 e. The lowest BCUT2D eigenvalue weighted by Gasteiger charge is -2.23. The van der Waals surface area contributed by atoms with E-state index < -0.39 is 0 Å². The highest BCUT2D eigenvalue weighted by Crippen LogP contribution is 2.26. The number of benzene rings is 2. The number of methoxy groups -OCH3 is 1. The number of nitrogens with two attached hydrogens (primary N) is 1. The SMILES string of the molecule is COc1ccc(C(N)C(C)Oc2cc(Cl)ccc2C)cc1. The average Bonchev–Trinajstić information content (AvgIpc) is 2.50. The van der Waals surface area contributed by atoms with Crippen molar-refractivity contribution in [3.8, 4) is 11.5 Å². The third-order valence-corrected chi connectivity index (χ3v) is 3.70. The lowest BCUT2D eigenvalue weighted by Crippen LogP contribution is -2.28. The molecule has 2 rings (SSSR count). The van der Waals surface area contributed by atoms with Crippen molar-refractivity contribution < 1.29 is 9.47 Å². The molecule has 4 heteroatoms. The molecule has 0 saturated carbocycles. The molecule has 21 heavy (non-hydrogen) atoms. The summed E-state index contributed by atoms with van der Waals surface area (Å²) in [7, 11) is 1.64. The van der Waals surface area contributed by atoms with Gasteiger partial charge in [0, 0.05) is 5.02 Å². The minimum Gasteiger partial charge on any atom is -0.497 e. The summed E-state index contributed by atoms with van der Waals surface area (Å²) in [5.74, 6) is 1.57. The Hall–Kier alpha value is -1.71. The molecule has 0 aliphatic heterocycles. The van der Waals surface area contributed by atoms with Crippen LogP contribution in [0.25, 0.3) is 0 Å². The van der Waals surface area contributed by atoms with Crippen molar-refractivity contribution in [2.45, 2.75) is 26.0 Å². The summed E-state index contributed by atoms with van der Waals surface area (Å²) in [4.78, 5) is 0. The number of rotatable bonds is 5. The second-order valence-corrected chi connectivity index (χ2v) is 5.47. The van der Waals surface area contributed by atoms with E-state index in [1.165, 1.54) is 0 Å². The Morgan fingerprint density at radius 1 is 1.10 bits per heavy atom. The fraction of sp³-hybridized carbons (Fsp3) is 0.294. The minimum atomic E-state index is -0.228. The second kappa shape index (κ2) is 6.83. The summed E-state index contributed by atoms with van der Waals surface area (Å²) in [5, 5.41) is 0.654. The summed E-state index contributed by atoms with van der Waals surface area (Å²) in [6.45, 7) is 3.94.